The van der Waals surface area contributed by atoms with Crippen LogP contribution in [0.3, 0.4) is 0 Å². The highest BCUT2D eigenvalue weighted by Gasteiger charge is 2.53. The number of hydrogen-bond acceptors (Lipinski definition) is 5. The lowest BCUT2D eigenvalue weighted by molar-refractivity contribution is -0.125. The molecule has 3 heterocycles. The van der Waals surface area contributed by atoms with Gasteiger partial charge in [0.05, 0.1) is 6.54 Å². The van der Waals surface area contributed by atoms with Crippen LogP contribution in [0.1, 0.15) is 21.7 Å². The first-order chi connectivity index (χ1) is 13.9. The minimum Gasteiger partial charge on any atom is -0.508 e. The van der Waals surface area contributed by atoms with E-state index in [-0.39, 0.29) is 30.5 Å². The van der Waals surface area contributed by atoms with E-state index in [2.05, 4.69) is 26.6 Å². The summed E-state index contributed by atoms with van der Waals surface area (Å²) in [5.41, 5.74) is 0.111. The zero-order valence-corrected chi connectivity index (χ0v) is 16.4. The summed E-state index contributed by atoms with van der Waals surface area (Å²) in [6.07, 6.45) is 0. The third-order valence-corrected chi connectivity index (χ3v) is 5.73. The summed E-state index contributed by atoms with van der Waals surface area (Å²) in [5.74, 6) is -0.695. The highest BCUT2D eigenvalue weighted by atomic mass is 79.9. The molecule has 1 atom stereocenters. The second-order valence-corrected chi connectivity index (χ2v) is 8.02. The Hall–Kier alpha value is -3.33. The van der Waals surface area contributed by atoms with Crippen molar-refractivity contribution in [1.82, 2.24) is 15.5 Å². The predicted molar refractivity (Wildman–Crippen MR) is 105 cm³/mol. The maximum atomic E-state index is 12.8. The Kier molecular flexibility index (Phi) is 3.72. The number of phenolic OH excluding ortho intramolecular Hbond substituents is 1. The number of furan rings is 1. The zero-order chi connectivity index (χ0) is 20.3. The number of carbonyl (C=O) groups excluding carboxylic acids is 3. The minimum absolute atomic E-state index is 0.0107. The molecule has 0 spiro atoms. The maximum Gasteiger partial charge on any atom is 0.322 e. The first kappa shape index (κ1) is 17.7. The molecule has 0 bridgehead atoms. The lowest BCUT2D eigenvalue weighted by Crippen LogP contribution is -2.52. The molecule has 0 saturated carbocycles. The van der Waals surface area contributed by atoms with Gasteiger partial charge < -0.3 is 19.7 Å². The van der Waals surface area contributed by atoms with Crippen LogP contribution in [0.15, 0.2) is 51.4 Å². The molecule has 2 aliphatic heterocycles. The van der Waals surface area contributed by atoms with Crippen molar-refractivity contribution in [2.45, 2.75) is 12.1 Å². The number of imide groups is 1. The molecule has 1 aromatic heterocycles. The highest BCUT2D eigenvalue weighted by molar-refractivity contribution is 9.10. The molecule has 3 N–H and O–H groups in total. The van der Waals surface area contributed by atoms with Crippen molar-refractivity contribution in [2.24, 2.45) is 0 Å². The molecule has 3 aromatic rings. The third-order valence-electron chi connectivity index (χ3n) is 5.24. The van der Waals surface area contributed by atoms with Crippen molar-refractivity contribution in [3.8, 4) is 5.75 Å². The Balaban J connectivity index is 1.57. The van der Waals surface area contributed by atoms with Gasteiger partial charge in [0.25, 0.3) is 11.8 Å². The summed E-state index contributed by atoms with van der Waals surface area (Å²) in [5, 5.41) is 15.3. The van der Waals surface area contributed by atoms with Crippen LogP contribution in [0.2, 0.25) is 0 Å². The van der Waals surface area contributed by atoms with Gasteiger partial charge in [0.2, 0.25) is 0 Å². The molecule has 4 amide bonds. The van der Waals surface area contributed by atoms with Crippen molar-refractivity contribution >= 4 is 44.7 Å². The van der Waals surface area contributed by atoms with Crippen molar-refractivity contribution < 1.29 is 23.9 Å². The van der Waals surface area contributed by atoms with E-state index in [0.29, 0.717) is 11.1 Å². The van der Waals surface area contributed by atoms with Gasteiger partial charge in [-0.3, -0.25) is 14.9 Å². The number of nitrogens with zero attached hydrogens (tertiary/aromatic N) is 1. The van der Waals surface area contributed by atoms with E-state index in [9.17, 15) is 19.5 Å². The van der Waals surface area contributed by atoms with E-state index in [0.717, 1.165) is 15.4 Å². The molecule has 2 aliphatic rings. The molecular weight excluding hydrogens is 442 g/mol. The summed E-state index contributed by atoms with van der Waals surface area (Å²) < 4.78 is 6.74. The normalized spacial score (nSPS) is 20.9. The smallest absolute Gasteiger partial charge is 0.322 e. The number of aromatic hydroxyl groups is 1. The number of hydrogen-bond donors (Lipinski definition) is 3. The summed E-state index contributed by atoms with van der Waals surface area (Å²) >= 11 is 3.40. The Labute approximate surface area is 172 Å². The van der Waals surface area contributed by atoms with Crippen LogP contribution in [0, 0.1) is 0 Å². The average Bonchev–Trinajstić information content (AvgIpc) is 3.31. The minimum atomic E-state index is -1.55. The van der Waals surface area contributed by atoms with Gasteiger partial charge in [-0.05, 0) is 42.0 Å². The molecule has 29 heavy (non-hydrogen) atoms. The van der Waals surface area contributed by atoms with E-state index in [1.165, 1.54) is 17.0 Å². The maximum absolute atomic E-state index is 12.8. The van der Waals surface area contributed by atoms with E-state index < -0.39 is 17.5 Å². The number of benzene rings is 2. The van der Waals surface area contributed by atoms with Crippen LogP contribution in [-0.4, -0.2) is 34.4 Å². The fourth-order valence-electron chi connectivity index (χ4n) is 3.84. The second kappa shape index (κ2) is 6.08. The van der Waals surface area contributed by atoms with Crippen LogP contribution in [0.5, 0.6) is 5.75 Å². The first-order valence-corrected chi connectivity index (χ1v) is 9.59. The van der Waals surface area contributed by atoms with Crippen LogP contribution >= 0.6 is 15.9 Å². The second-order valence-electron chi connectivity index (χ2n) is 7.11. The number of rotatable bonds is 3. The SMILES string of the molecule is O=C1NC(=O)[C@](CN2Cc3ccc(O)cc3C2=O)(c2cc3cc(Br)ccc3o2)N1. The van der Waals surface area contributed by atoms with Gasteiger partial charge in [0.15, 0.2) is 5.54 Å². The van der Waals surface area contributed by atoms with Crippen molar-refractivity contribution in [3.05, 3.63) is 63.8 Å². The Morgan fingerprint density at radius 2 is 1.97 bits per heavy atom. The van der Waals surface area contributed by atoms with Crippen molar-refractivity contribution in [2.75, 3.05) is 6.54 Å². The molecular formula is C20H14BrN3O5. The van der Waals surface area contributed by atoms with Crippen LogP contribution < -0.4 is 10.6 Å². The van der Waals surface area contributed by atoms with E-state index in [4.69, 9.17) is 4.42 Å². The molecule has 0 unspecified atom stereocenters. The van der Waals surface area contributed by atoms with Crippen LogP contribution in [0.25, 0.3) is 11.0 Å². The standard InChI is InChI=1S/C20H14BrN3O5/c21-12-2-4-15-11(5-12)6-16(29-15)20(18(27)22-19(28)23-20)9-24-8-10-1-3-13(25)7-14(10)17(24)26/h1-7,25H,8-9H2,(H2,22,23,27,28)/t20-/m0/s1. The van der Waals surface area contributed by atoms with Crippen molar-refractivity contribution in [3.63, 3.8) is 0 Å². The largest absolute Gasteiger partial charge is 0.508 e. The molecule has 146 valence electrons. The van der Waals surface area contributed by atoms with Crippen LogP contribution in [0.4, 0.5) is 4.79 Å². The summed E-state index contributed by atoms with van der Waals surface area (Å²) in [6, 6.07) is 11.0. The number of urea groups is 1. The molecule has 0 radical (unpaired) electrons. The fourth-order valence-corrected chi connectivity index (χ4v) is 4.22. The van der Waals surface area contributed by atoms with Gasteiger partial charge in [-0.2, -0.15) is 0 Å². The molecule has 8 nitrogen and oxygen atoms in total. The van der Waals surface area contributed by atoms with Gasteiger partial charge >= 0.3 is 6.03 Å². The number of carbonyl (C=O) groups is 3. The van der Waals surface area contributed by atoms with Crippen LogP contribution in [-0.2, 0) is 16.9 Å². The molecule has 9 heteroatoms. The van der Waals surface area contributed by atoms with Gasteiger partial charge in [-0.1, -0.05) is 22.0 Å². The van der Waals surface area contributed by atoms with Gasteiger partial charge in [-0.25, -0.2) is 4.79 Å². The topological polar surface area (TPSA) is 112 Å². The van der Waals surface area contributed by atoms with E-state index in [1.54, 1.807) is 18.2 Å². The highest BCUT2D eigenvalue weighted by Crippen LogP contribution is 2.35. The molecule has 0 aliphatic carbocycles. The molecule has 2 aromatic carbocycles. The lowest BCUT2D eigenvalue weighted by Gasteiger charge is -2.29. The zero-order valence-electron chi connectivity index (χ0n) is 14.9. The van der Waals surface area contributed by atoms with Crippen molar-refractivity contribution in [1.29, 1.82) is 0 Å². The number of halogens is 1. The fraction of sp³-hybridized carbons (Fsp3) is 0.150. The summed E-state index contributed by atoms with van der Waals surface area (Å²) in [4.78, 5) is 39.1. The monoisotopic (exact) mass is 455 g/mol. The molecule has 1 saturated heterocycles. The first-order valence-electron chi connectivity index (χ1n) is 8.80. The van der Waals surface area contributed by atoms with E-state index >= 15 is 0 Å². The Morgan fingerprint density at radius 1 is 1.14 bits per heavy atom. The third kappa shape index (κ3) is 2.69. The predicted octanol–water partition coefficient (Wildman–Crippen LogP) is 2.59. The quantitative estimate of drug-likeness (QED) is 0.525. The number of nitrogens with one attached hydrogen (secondary N) is 2. The summed E-state index contributed by atoms with van der Waals surface area (Å²) in [6.45, 7) is 0.144. The van der Waals surface area contributed by atoms with E-state index in [1.807, 2.05) is 12.1 Å². The Morgan fingerprint density at radius 3 is 2.72 bits per heavy atom. The van der Waals surface area contributed by atoms with Gasteiger partial charge in [0, 0.05) is 22.0 Å². The van der Waals surface area contributed by atoms with Gasteiger partial charge in [-0.15, -0.1) is 0 Å². The lowest BCUT2D eigenvalue weighted by atomic mass is 9.95. The average molecular weight is 456 g/mol. The number of amides is 4. The molecule has 5 rings (SSSR count). The van der Waals surface area contributed by atoms with Gasteiger partial charge in [0.1, 0.15) is 17.1 Å². The number of fused-ring (bicyclic) bond motifs is 2. The molecule has 1 fully saturated rings. The number of phenols is 1. The Bertz CT molecular complexity index is 1220. The summed E-state index contributed by atoms with van der Waals surface area (Å²) in [7, 11) is 0.